The smallest absolute Gasteiger partial charge is 0.276 e. The second kappa shape index (κ2) is 12.2. The van der Waals surface area contributed by atoms with Gasteiger partial charge in [0.25, 0.3) is 11.8 Å². The Morgan fingerprint density at radius 1 is 1.37 bits per heavy atom. The fourth-order valence-corrected chi connectivity index (χ4v) is 6.30. The van der Waals surface area contributed by atoms with E-state index < -0.39 is 29.2 Å². The molecule has 2 atom stereocenters. The van der Waals surface area contributed by atoms with Crippen LogP contribution in [0.25, 0.3) is 0 Å². The number of thioether (sulfide) groups is 1. The molecule has 0 aromatic carbocycles. The molecule has 0 bridgehead atoms. The van der Waals surface area contributed by atoms with Crippen LogP contribution in [-0.2, 0) is 19.2 Å². The van der Waals surface area contributed by atoms with E-state index in [0.717, 1.165) is 41.8 Å². The van der Waals surface area contributed by atoms with Gasteiger partial charge in [0.15, 0.2) is 10.8 Å². The van der Waals surface area contributed by atoms with Gasteiger partial charge in [0.2, 0.25) is 0 Å². The number of fused-ring (bicyclic) bond motifs is 1. The second-order valence-corrected chi connectivity index (χ2v) is 10.2. The second-order valence-electron chi connectivity index (χ2n) is 8.23. The van der Waals surface area contributed by atoms with Gasteiger partial charge in [0.05, 0.1) is 31.8 Å². The maximum atomic E-state index is 12.9. The van der Waals surface area contributed by atoms with Crippen molar-refractivity contribution < 1.29 is 34.3 Å². The lowest BCUT2D eigenvalue weighted by Crippen LogP contribution is -2.71. The molecule has 1 aromatic rings. The van der Waals surface area contributed by atoms with E-state index in [1.165, 1.54) is 23.8 Å². The molecular formula is C19H28Cl2N6O6S2. The average molecular weight is 572 g/mol. The molecule has 0 radical (unpaired) electrons. The van der Waals surface area contributed by atoms with Crippen molar-refractivity contribution in [3.05, 3.63) is 22.3 Å². The minimum Gasteiger partial charge on any atom is -0.543 e. The number of carboxylic acids is 1. The summed E-state index contributed by atoms with van der Waals surface area (Å²) in [6, 6.07) is -0.891. The zero-order chi connectivity index (χ0) is 23.0. The highest BCUT2D eigenvalue weighted by atomic mass is 35.5. The number of β-lactam (4-membered cyclic amide) rings is 1. The summed E-state index contributed by atoms with van der Waals surface area (Å²) in [4.78, 5) is 47.7. The highest BCUT2D eigenvalue weighted by Gasteiger charge is 2.53. The lowest BCUT2D eigenvalue weighted by atomic mass is 10.0. The van der Waals surface area contributed by atoms with Gasteiger partial charge in [-0.25, -0.2) is 4.98 Å². The van der Waals surface area contributed by atoms with Crippen LogP contribution < -0.4 is 16.2 Å². The zero-order valence-corrected chi connectivity index (χ0v) is 22.3. The molecule has 1 unspecified atom stereocenters. The Labute approximate surface area is 222 Å². The lowest BCUT2D eigenvalue weighted by molar-refractivity contribution is -0.893. The van der Waals surface area contributed by atoms with Crippen molar-refractivity contribution in [3.8, 4) is 0 Å². The molecule has 5 N–H and O–H groups in total. The van der Waals surface area contributed by atoms with Gasteiger partial charge in [-0.1, -0.05) is 5.16 Å². The van der Waals surface area contributed by atoms with Gasteiger partial charge in [0, 0.05) is 29.5 Å². The van der Waals surface area contributed by atoms with Crippen LogP contribution in [0.15, 0.2) is 21.8 Å². The molecule has 196 valence electrons. The molecule has 35 heavy (non-hydrogen) atoms. The van der Waals surface area contributed by atoms with Crippen molar-refractivity contribution >= 4 is 76.5 Å². The van der Waals surface area contributed by atoms with E-state index in [2.05, 4.69) is 22.5 Å². The van der Waals surface area contributed by atoms with Crippen molar-refractivity contribution in [1.29, 1.82) is 0 Å². The first-order valence-electron chi connectivity index (χ1n) is 10.1. The van der Waals surface area contributed by atoms with Crippen molar-refractivity contribution in [2.45, 2.75) is 24.3 Å². The van der Waals surface area contributed by atoms with E-state index in [1.807, 2.05) is 0 Å². The van der Waals surface area contributed by atoms with Gasteiger partial charge >= 0.3 is 0 Å². The van der Waals surface area contributed by atoms with Gasteiger partial charge in [0.1, 0.15) is 30.8 Å². The van der Waals surface area contributed by atoms with Crippen molar-refractivity contribution in [2.75, 3.05) is 45.3 Å². The van der Waals surface area contributed by atoms with Gasteiger partial charge in [-0.3, -0.25) is 14.5 Å². The molecule has 0 aliphatic carbocycles. The summed E-state index contributed by atoms with van der Waals surface area (Å²) in [6.45, 7) is 2.53. The summed E-state index contributed by atoms with van der Waals surface area (Å²) < 4.78 is 0.757. The number of likely N-dealkylation sites (tertiary alicyclic amines) is 1. The van der Waals surface area contributed by atoms with Crippen LogP contribution in [0.1, 0.15) is 18.5 Å². The molecule has 12 nitrogen and oxygen atoms in total. The maximum Gasteiger partial charge on any atom is 0.276 e. The first kappa shape index (κ1) is 30.9. The van der Waals surface area contributed by atoms with E-state index in [1.54, 1.807) is 5.38 Å². The number of nitrogens with zero attached hydrogens (tertiary/aromatic N) is 4. The standard InChI is InChI=1S/C19H24N6O5S2.2ClH.H2O/c1-25(5-3-4-6-25)7-10-8-31-17-13(16(27)24(17)14(10)18(28)29)22-15(26)12(23-30-2)11-9-32-19(20)21-11;;;/h9,13,17H,3-8H2,1-2H3,(H3-,20,21,22,26,28,29);2*1H;1H2/b23-12-;;;/t13?,17-;;;/m0.../s1. The number of oxime groups is 1. The summed E-state index contributed by atoms with van der Waals surface area (Å²) in [7, 11) is 3.39. The number of amides is 2. The molecule has 2 saturated heterocycles. The first-order valence-corrected chi connectivity index (χ1v) is 12.0. The van der Waals surface area contributed by atoms with Gasteiger partial charge in [-0.15, -0.1) is 47.9 Å². The molecule has 2 fully saturated rings. The number of nitrogen functional groups attached to an aromatic ring is 1. The average Bonchev–Trinajstić information content (AvgIpc) is 3.37. The third-order valence-electron chi connectivity index (χ3n) is 5.91. The number of likely N-dealkylation sites (N-methyl/N-ethyl adjacent to an activating group) is 1. The molecule has 0 spiro atoms. The molecular weight excluding hydrogens is 543 g/mol. The van der Waals surface area contributed by atoms with Crippen LogP contribution >= 0.6 is 47.9 Å². The topological polar surface area (TPSA) is 182 Å². The molecule has 3 aliphatic heterocycles. The Balaban J connectivity index is 0.00000204. The molecule has 4 heterocycles. The number of carboxylic acid groups (broad SMARTS) is 1. The summed E-state index contributed by atoms with van der Waals surface area (Å²) in [5.41, 5.74) is 6.39. The molecule has 4 rings (SSSR count). The Kier molecular flexibility index (Phi) is 10.8. The number of quaternary nitrogens is 1. The normalized spacial score (nSPS) is 22.6. The van der Waals surface area contributed by atoms with Crippen LogP contribution in [0.5, 0.6) is 0 Å². The summed E-state index contributed by atoms with van der Waals surface area (Å²) in [5.74, 6) is -2.06. The number of hydrogen-bond donors (Lipinski definition) is 2. The largest absolute Gasteiger partial charge is 0.543 e. The third-order valence-corrected chi connectivity index (χ3v) is 7.92. The zero-order valence-electron chi connectivity index (χ0n) is 19.0. The van der Waals surface area contributed by atoms with Gasteiger partial charge in [-0.2, -0.15) is 0 Å². The van der Waals surface area contributed by atoms with Crippen LogP contribution in [0.4, 0.5) is 5.13 Å². The Morgan fingerprint density at radius 2 is 2.03 bits per heavy atom. The van der Waals surface area contributed by atoms with E-state index >= 15 is 0 Å². The number of hydrogen-bond acceptors (Lipinski definition) is 10. The number of thiazole rings is 1. The molecule has 16 heteroatoms. The van der Waals surface area contributed by atoms with E-state index in [0.29, 0.717) is 17.9 Å². The van der Waals surface area contributed by atoms with Crippen LogP contribution in [-0.4, -0.2) is 94.3 Å². The summed E-state index contributed by atoms with van der Waals surface area (Å²) in [6.07, 6.45) is 2.21. The number of anilines is 1. The predicted octanol–water partition coefficient (Wildman–Crippen LogP) is -1.26. The molecule has 2 amide bonds. The van der Waals surface area contributed by atoms with E-state index in [-0.39, 0.29) is 52.5 Å². The monoisotopic (exact) mass is 570 g/mol. The number of carbonyl (C=O) groups excluding carboxylic acids is 3. The number of rotatable bonds is 7. The highest BCUT2D eigenvalue weighted by Crippen LogP contribution is 2.41. The fraction of sp³-hybridized carbons (Fsp3) is 0.526. The number of aromatic nitrogens is 1. The van der Waals surface area contributed by atoms with E-state index in [4.69, 9.17) is 10.6 Å². The maximum absolute atomic E-state index is 12.9. The Hall–Kier alpha value is -2.10. The summed E-state index contributed by atoms with van der Waals surface area (Å²) in [5, 5.41) is 19.6. The minimum absolute atomic E-state index is 0. The van der Waals surface area contributed by atoms with Gasteiger partial charge < -0.3 is 35.7 Å². The quantitative estimate of drug-likeness (QED) is 0.176. The van der Waals surface area contributed by atoms with E-state index in [9.17, 15) is 19.5 Å². The molecule has 1 aromatic heterocycles. The SMILES string of the molecule is CO/N=C(\C(=O)NC1C(=O)N2C(C(=O)[O-])=C(C[N+]3(C)CCCC3)CS[C@@H]12)c1csc(N)n1.Cl.Cl.O. The number of aliphatic carboxylic acids is 1. The van der Waals surface area contributed by atoms with Crippen molar-refractivity contribution in [2.24, 2.45) is 5.16 Å². The first-order chi connectivity index (χ1) is 15.2. The van der Waals surface area contributed by atoms with Crippen LogP contribution in [0.3, 0.4) is 0 Å². The van der Waals surface area contributed by atoms with Crippen molar-refractivity contribution in [3.63, 3.8) is 0 Å². The van der Waals surface area contributed by atoms with Crippen molar-refractivity contribution in [1.82, 2.24) is 15.2 Å². The Bertz CT molecular complexity index is 1030. The Morgan fingerprint density at radius 3 is 2.57 bits per heavy atom. The lowest BCUT2D eigenvalue weighted by Gasteiger charge is -2.51. The number of nitrogens with two attached hydrogens (primary N) is 1. The summed E-state index contributed by atoms with van der Waals surface area (Å²) >= 11 is 2.57. The minimum atomic E-state index is -1.37. The highest BCUT2D eigenvalue weighted by molar-refractivity contribution is 8.00. The number of nitrogens with one attached hydrogen (secondary N) is 1. The van der Waals surface area contributed by atoms with Crippen LogP contribution in [0, 0.1) is 0 Å². The van der Waals surface area contributed by atoms with Crippen LogP contribution in [0.2, 0.25) is 0 Å². The molecule has 3 aliphatic rings. The third kappa shape index (κ3) is 6.01. The molecule has 0 saturated carbocycles. The predicted molar refractivity (Wildman–Crippen MR) is 135 cm³/mol. The number of halogens is 2. The fourth-order valence-electron chi connectivity index (χ4n) is 4.41. The number of carbonyl (C=O) groups is 3. The van der Waals surface area contributed by atoms with Gasteiger partial charge in [-0.05, 0) is 0 Å².